The standard InChI is InChI=1S/C43H53NO20/c1-8-19-55-41-38(63-40(52)29-17-13-10-14-18-29)37(62-39(51)28-15-11-9-12-16-28)34(50)31(61-41)22-57-43(42(53)54-7)20-30(58-25(4)47)33(44-23(2)45)36(64-43)35(60-27(6)49)32(59-26(5)48)21-56-24(3)46/h9-18,30-38,41,50H,8,19-22H2,1-7H3,(H,44,45)/t30-,31+,32+,33+,34+,35-,36-,37-,38+,41?,43+/m0/s1. The van der Waals surface area contributed by atoms with E-state index in [1.807, 2.05) is 0 Å². The highest BCUT2D eigenvalue weighted by atomic mass is 16.8. The Labute approximate surface area is 368 Å². The number of benzene rings is 2. The van der Waals surface area contributed by atoms with Crippen molar-refractivity contribution in [3.05, 3.63) is 71.8 Å². The zero-order valence-electron chi connectivity index (χ0n) is 36.3. The summed E-state index contributed by atoms with van der Waals surface area (Å²) in [5.74, 6) is -10.2. The van der Waals surface area contributed by atoms with Crippen LogP contribution in [0.1, 0.15) is 75.1 Å². The molecule has 0 aromatic heterocycles. The van der Waals surface area contributed by atoms with Crippen LogP contribution in [-0.4, -0.2) is 147 Å². The van der Waals surface area contributed by atoms with Crippen molar-refractivity contribution >= 4 is 47.7 Å². The first kappa shape index (κ1) is 50.6. The predicted molar refractivity (Wildman–Crippen MR) is 213 cm³/mol. The molecule has 2 aliphatic heterocycles. The van der Waals surface area contributed by atoms with Crippen molar-refractivity contribution in [1.82, 2.24) is 5.32 Å². The van der Waals surface area contributed by atoms with Gasteiger partial charge in [0.2, 0.25) is 5.91 Å². The summed E-state index contributed by atoms with van der Waals surface area (Å²) >= 11 is 0. The molecule has 21 nitrogen and oxygen atoms in total. The van der Waals surface area contributed by atoms with E-state index < -0.39 is 134 Å². The third kappa shape index (κ3) is 13.7. The van der Waals surface area contributed by atoms with Gasteiger partial charge in [0.1, 0.15) is 31.0 Å². The van der Waals surface area contributed by atoms with E-state index in [1.54, 1.807) is 43.3 Å². The van der Waals surface area contributed by atoms with E-state index in [2.05, 4.69) is 5.32 Å². The average molecular weight is 904 g/mol. The Balaban J connectivity index is 1.82. The Kier molecular flexibility index (Phi) is 18.7. The van der Waals surface area contributed by atoms with Gasteiger partial charge in [-0.3, -0.25) is 24.0 Å². The van der Waals surface area contributed by atoms with Gasteiger partial charge in [0.15, 0.2) is 30.7 Å². The van der Waals surface area contributed by atoms with Crippen molar-refractivity contribution in [1.29, 1.82) is 0 Å². The van der Waals surface area contributed by atoms with Crippen LogP contribution in [0.4, 0.5) is 0 Å². The highest BCUT2D eigenvalue weighted by Crippen LogP contribution is 2.38. The Hall–Kier alpha value is -6.00. The van der Waals surface area contributed by atoms with Crippen molar-refractivity contribution in [3.8, 4) is 0 Å². The number of ether oxygens (including phenoxy) is 11. The maximum absolute atomic E-state index is 14.0. The lowest BCUT2D eigenvalue weighted by Crippen LogP contribution is -2.70. The molecule has 350 valence electrons. The van der Waals surface area contributed by atoms with Crippen LogP contribution in [-0.2, 0) is 80.9 Å². The van der Waals surface area contributed by atoms with E-state index in [0.29, 0.717) is 6.42 Å². The summed E-state index contributed by atoms with van der Waals surface area (Å²) in [4.78, 5) is 103. The van der Waals surface area contributed by atoms with Gasteiger partial charge in [-0.1, -0.05) is 43.3 Å². The number of carbonyl (C=O) groups is 8. The third-order valence-electron chi connectivity index (χ3n) is 9.59. The fraction of sp³-hybridized carbons (Fsp3) is 0.535. The Bertz CT molecular complexity index is 1950. The smallest absolute Gasteiger partial charge is 0.366 e. The molecule has 2 N–H and O–H groups in total. The maximum atomic E-state index is 14.0. The lowest BCUT2D eigenvalue weighted by atomic mass is 9.87. The molecule has 2 fully saturated rings. The zero-order chi connectivity index (χ0) is 47.1. The van der Waals surface area contributed by atoms with E-state index in [4.69, 9.17) is 52.1 Å². The zero-order valence-corrected chi connectivity index (χ0v) is 36.3. The summed E-state index contributed by atoms with van der Waals surface area (Å²) in [6.45, 7) is 5.41. The molecule has 0 radical (unpaired) electrons. The quantitative estimate of drug-likeness (QED) is 0.149. The van der Waals surface area contributed by atoms with Crippen LogP contribution < -0.4 is 5.32 Å². The molecule has 21 heteroatoms. The number of methoxy groups -OCH3 is 1. The van der Waals surface area contributed by atoms with Crippen molar-refractivity contribution in [3.63, 3.8) is 0 Å². The molecule has 0 saturated carbocycles. The molecule has 1 amide bonds. The van der Waals surface area contributed by atoms with Gasteiger partial charge < -0.3 is 62.5 Å². The van der Waals surface area contributed by atoms with Crippen LogP contribution in [0.3, 0.4) is 0 Å². The summed E-state index contributed by atoms with van der Waals surface area (Å²) < 4.78 is 63.1. The minimum absolute atomic E-state index is 0.0208. The molecule has 1 unspecified atom stereocenters. The third-order valence-corrected chi connectivity index (χ3v) is 9.59. The van der Waals surface area contributed by atoms with Gasteiger partial charge in [0, 0.05) is 41.2 Å². The molecule has 2 aromatic rings. The van der Waals surface area contributed by atoms with Crippen molar-refractivity contribution < 1.29 is 95.6 Å². The van der Waals surface area contributed by atoms with Gasteiger partial charge in [-0.2, -0.15) is 0 Å². The van der Waals surface area contributed by atoms with Gasteiger partial charge in [-0.05, 0) is 30.7 Å². The average Bonchev–Trinajstić information content (AvgIpc) is 3.25. The first-order valence-electron chi connectivity index (χ1n) is 20.2. The number of nitrogens with one attached hydrogen (secondary N) is 1. The lowest BCUT2D eigenvalue weighted by molar-refractivity contribution is -0.339. The van der Waals surface area contributed by atoms with Crippen molar-refractivity contribution in [2.75, 3.05) is 26.9 Å². The second-order valence-corrected chi connectivity index (χ2v) is 14.6. The van der Waals surface area contributed by atoms with Gasteiger partial charge in [0.25, 0.3) is 5.79 Å². The topological polar surface area (TPSA) is 270 Å². The van der Waals surface area contributed by atoms with Gasteiger partial charge in [-0.25, -0.2) is 14.4 Å². The molecule has 11 atom stereocenters. The minimum atomic E-state index is -2.70. The number of esters is 7. The minimum Gasteiger partial charge on any atom is -0.465 e. The molecule has 0 bridgehead atoms. The lowest BCUT2D eigenvalue weighted by Gasteiger charge is -2.49. The van der Waals surface area contributed by atoms with Crippen LogP contribution in [0.25, 0.3) is 0 Å². The highest BCUT2D eigenvalue weighted by molar-refractivity contribution is 5.90. The Morgan fingerprint density at radius 1 is 0.781 bits per heavy atom. The molecule has 2 aliphatic rings. The molecule has 64 heavy (non-hydrogen) atoms. The normalized spacial score (nSPS) is 26.1. The first-order chi connectivity index (χ1) is 30.4. The Morgan fingerprint density at radius 3 is 1.86 bits per heavy atom. The first-order valence-corrected chi connectivity index (χ1v) is 20.2. The molecular weight excluding hydrogens is 850 g/mol. The Morgan fingerprint density at radius 2 is 1.36 bits per heavy atom. The molecule has 2 saturated heterocycles. The molecule has 2 heterocycles. The summed E-state index contributed by atoms with van der Waals surface area (Å²) in [5, 5.41) is 14.5. The van der Waals surface area contributed by atoms with Crippen LogP contribution in [0.5, 0.6) is 0 Å². The fourth-order valence-corrected chi connectivity index (χ4v) is 6.95. The highest BCUT2D eigenvalue weighted by Gasteiger charge is 2.60. The number of carbonyl (C=O) groups excluding carboxylic acids is 8. The van der Waals surface area contributed by atoms with E-state index in [1.165, 1.54) is 24.3 Å². The van der Waals surface area contributed by atoms with Gasteiger partial charge in [-0.15, -0.1) is 0 Å². The number of aliphatic hydroxyl groups excluding tert-OH is 1. The number of rotatable bonds is 19. The number of amides is 1. The largest absolute Gasteiger partial charge is 0.465 e. The molecule has 0 aliphatic carbocycles. The molecule has 0 spiro atoms. The van der Waals surface area contributed by atoms with Crippen molar-refractivity contribution in [2.45, 2.75) is 121 Å². The monoisotopic (exact) mass is 903 g/mol. The van der Waals surface area contributed by atoms with Gasteiger partial charge >= 0.3 is 41.8 Å². The number of hydrogen-bond donors (Lipinski definition) is 2. The second-order valence-electron chi connectivity index (χ2n) is 14.6. The van der Waals surface area contributed by atoms with Gasteiger partial charge in [0.05, 0.1) is 37.3 Å². The van der Waals surface area contributed by atoms with Crippen LogP contribution in [0.15, 0.2) is 60.7 Å². The van der Waals surface area contributed by atoms with E-state index >= 15 is 0 Å². The summed E-state index contributed by atoms with van der Waals surface area (Å²) in [6.07, 6.45) is -15.6. The van der Waals surface area contributed by atoms with Crippen molar-refractivity contribution in [2.24, 2.45) is 0 Å². The number of aliphatic hydroxyl groups is 1. The summed E-state index contributed by atoms with van der Waals surface area (Å²) in [6, 6.07) is 14.1. The van der Waals surface area contributed by atoms with Crippen LogP contribution >= 0.6 is 0 Å². The summed E-state index contributed by atoms with van der Waals surface area (Å²) in [7, 11) is 0.962. The predicted octanol–water partition coefficient (Wildman–Crippen LogP) is 1.49. The van der Waals surface area contributed by atoms with E-state index in [-0.39, 0.29) is 17.7 Å². The molecular formula is C43H53NO20. The second kappa shape index (κ2) is 23.6. The van der Waals surface area contributed by atoms with E-state index in [0.717, 1.165) is 41.7 Å². The molecule has 2 aromatic carbocycles. The van der Waals surface area contributed by atoms with E-state index in [9.17, 15) is 43.5 Å². The summed E-state index contributed by atoms with van der Waals surface area (Å²) in [5.41, 5.74) is 0.192. The number of hydrogen-bond acceptors (Lipinski definition) is 20. The van der Waals surface area contributed by atoms with Crippen LogP contribution in [0.2, 0.25) is 0 Å². The maximum Gasteiger partial charge on any atom is 0.366 e. The SMILES string of the molecule is CCCOC1O[C@H](CO[C@]2(C(=O)OC)C[C@H](OC(C)=O)[C@@H](NC(C)=O)[C@@H]([C@@H](OC(C)=O)[C@@H](COC(C)=O)OC(C)=O)O2)[C@@H](O)[C@H](OC(=O)c2ccccc2)[C@H]1OC(=O)c1ccccc1. The fourth-order valence-electron chi connectivity index (χ4n) is 6.95. The molecule has 4 rings (SSSR count). The van der Waals surface area contributed by atoms with Crippen LogP contribution in [0, 0.1) is 0 Å².